The summed E-state index contributed by atoms with van der Waals surface area (Å²) >= 11 is 0. The van der Waals surface area contributed by atoms with Gasteiger partial charge in [0, 0.05) is 22.8 Å². The number of alkyl halides is 2. The average Bonchev–Trinajstić information content (AvgIpc) is 2.79. The molecule has 5 nitrogen and oxygen atoms in total. The Hall–Kier alpha value is -3.42. The molecule has 2 heterocycles. The van der Waals surface area contributed by atoms with E-state index < -0.39 is 29.8 Å². The molecule has 0 bridgehead atoms. The Labute approximate surface area is 183 Å². The number of hydrogen-bond donors (Lipinski definition) is 2. The smallest absolute Gasteiger partial charge is 0.306 e. The highest BCUT2D eigenvalue weighted by Crippen LogP contribution is 2.34. The van der Waals surface area contributed by atoms with E-state index in [1.54, 1.807) is 25.4 Å². The lowest BCUT2D eigenvalue weighted by molar-refractivity contribution is -0.141. The molecule has 0 fully saturated rings. The number of benzene rings is 1. The summed E-state index contributed by atoms with van der Waals surface area (Å²) in [5.41, 5.74) is 2.54. The molecule has 0 radical (unpaired) electrons. The quantitative estimate of drug-likeness (QED) is 0.480. The van der Waals surface area contributed by atoms with Crippen molar-refractivity contribution < 1.29 is 23.1 Å². The zero-order valence-electron chi connectivity index (χ0n) is 17.4. The summed E-state index contributed by atoms with van der Waals surface area (Å²) in [5.74, 6) is -2.08. The Morgan fingerprint density at radius 2 is 2.00 bits per heavy atom. The van der Waals surface area contributed by atoms with Crippen molar-refractivity contribution in [3.8, 4) is 0 Å². The molecule has 2 N–H and O–H groups in total. The number of nitrogens with one attached hydrogen (secondary N) is 1. The first-order valence-corrected chi connectivity index (χ1v) is 10.3. The van der Waals surface area contributed by atoms with Gasteiger partial charge in [0.25, 0.3) is 6.43 Å². The Balaban J connectivity index is 1.65. The van der Waals surface area contributed by atoms with Crippen molar-refractivity contribution in [1.29, 1.82) is 0 Å². The van der Waals surface area contributed by atoms with E-state index >= 15 is 0 Å². The van der Waals surface area contributed by atoms with Crippen LogP contribution in [0.15, 0.2) is 48.8 Å². The van der Waals surface area contributed by atoms with Gasteiger partial charge in [-0.25, -0.2) is 13.2 Å². The molecule has 2 atom stereocenters. The van der Waals surface area contributed by atoms with Crippen LogP contribution in [0.1, 0.15) is 55.5 Å². The minimum Gasteiger partial charge on any atom is -0.481 e. The summed E-state index contributed by atoms with van der Waals surface area (Å²) in [6.07, 6.45) is 3.88. The molecule has 2 aromatic heterocycles. The number of carboxylic acid groups (broad SMARTS) is 1. The first-order chi connectivity index (χ1) is 15.3. The Morgan fingerprint density at radius 1 is 1.22 bits per heavy atom. The van der Waals surface area contributed by atoms with E-state index in [0.717, 1.165) is 22.7 Å². The number of anilines is 1. The second-order valence-electron chi connectivity index (χ2n) is 7.90. The normalized spacial score (nSPS) is 17.3. The highest BCUT2D eigenvalue weighted by molar-refractivity contribution is 5.92. The molecule has 8 heteroatoms. The van der Waals surface area contributed by atoms with Gasteiger partial charge < -0.3 is 10.4 Å². The number of carboxylic acids is 1. The predicted octanol–water partition coefficient (Wildman–Crippen LogP) is 6.15. The highest BCUT2D eigenvalue weighted by Gasteiger charge is 2.23. The van der Waals surface area contributed by atoms with Crippen LogP contribution >= 0.6 is 0 Å². The summed E-state index contributed by atoms with van der Waals surface area (Å²) in [5, 5.41) is 13.2. The lowest BCUT2D eigenvalue weighted by atomic mass is 9.88. The standard InChI is InChI=1S/C24H22F3N3O2/c1-13(16-3-2-4-17(22(16)25)23(26)27)30-19-9-10-28-21-12-29-20(11-18(19)21)14-5-7-15(8-6-14)24(31)32/h2-5,9-13,15,23H,6-8H2,1H3,(H,28,30)(H,31,32)/t13-,15?/m1/s1. The molecular weight excluding hydrogens is 419 g/mol. The van der Waals surface area contributed by atoms with Crippen LogP contribution in [-0.2, 0) is 4.79 Å². The van der Waals surface area contributed by atoms with Crippen LogP contribution < -0.4 is 5.32 Å². The van der Waals surface area contributed by atoms with Crippen molar-refractivity contribution in [1.82, 2.24) is 9.97 Å². The van der Waals surface area contributed by atoms with Crippen LogP contribution in [0.2, 0.25) is 0 Å². The second-order valence-corrected chi connectivity index (χ2v) is 7.90. The molecule has 3 aromatic rings. The zero-order valence-corrected chi connectivity index (χ0v) is 17.4. The van der Waals surface area contributed by atoms with Gasteiger partial charge in [-0.1, -0.05) is 24.3 Å². The van der Waals surface area contributed by atoms with Crippen LogP contribution in [-0.4, -0.2) is 21.0 Å². The fraction of sp³-hybridized carbons (Fsp3) is 0.292. The van der Waals surface area contributed by atoms with E-state index in [4.69, 9.17) is 0 Å². The zero-order chi connectivity index (χ0) is 22.8. The first kappa shape index (κ1) is 21.8. The van der Waals surface area contributed by atoms with Crippen LogP contribution in [0.4, 0.5) is 18.9 Å². The SMILES string of the molecule is C[C@@H](Nc1ccnc2cnc(C3=CCC(C(=O)O)CC3)cc12)c1cccc(C(F)F)c1F. The van der Waals surface area contributed by atoms with Gasteiger partial charge in [-0.05, 0) is 43.9 Å². The average molecular weight is 441 g/mol. The van der Waals surface area contributed by atoms with Crippen LogP contribution in [0.5, 0.6) is 0 Å². The van der Waals surface area contributed by atoms with E-state index in [0.29, 0.717) is 30.5 Å². The number of allylic oxidation sites excluding steroid dienone is 2. The van der Waals surface area contributed by atoms with Crippen LogP contribution in [0.3, 0.4) is 0 Å². The fourth-order valence-corrected chi connectivity index (χ4v) is 4.02. The number of fused-ring (bicyclic) bond motifs is 1. The van der Waals surface area contributed by atoms with Crippen molar-refractivity contribution in [3.63, 3.8) is 0 Å². The molecular formula is C24H22F3N3O2. The van der Waals surface area contributed by atoms with Gasteiger partial charge in [0.15, 0.2) is 0 Å². The summed E-state index contributed by atoms with van der Waals surface area (Å²) in [6.45, 7) is 1.71. The number of pyridine rings is 2. The van der Waals surface area contributed by atoms with Gasteiger partial charge in [0.1, 0.15) is 5.82 Å². The lowest BCUT2D eigenvalue weighted by Gasteiger charge is -2.20. The van der Waals surface area contributed by atoms with Gasteiger partial charge in [0.05, 0.1) is 34.9 Å². The van der Waals surface area contributed by atoms with Gasteiger partial charge in [0.2, 0.25) is 0 Å². The third-order valence-electron chi connectivity index (χ3n) is 5.85. The van der Waals surface area contributed by atoms with Gasteiger partial charge in [-0.2, -0.15) is 0 Å². The van der Waals surface area contributed by atoms with E-state index in [1.807, 2.05) is 12.1 Å². The monoisotopic (exact) mass is 441 g/mol. The van der Waals surface area contributed by atoms with Crippen LogP contribution in [0.25, 0.3) is 16.5 Å². The van der Waals surface area contributed by atoms with Gasteiger partial charge in [-0.15, -0.1) is 0 Å². The molecule has 0 aliphatic heterocycles. The summed E-state index contributed by atoms with van der Waals surface area (Å²) in [6, 6.07) is 7.04. The summed E-state index contributed by atoms with van der Waals surface area (Å²) in [7, 11) is 0. The molecule has 0 saturated carbocycles. The third-order valence-corrected chi connectivity index (χ3v) is 5.85. The van der Waals surface area contributed by atoms with E-state index in [-0.39, 0.29) is 11.5 Å². The molecule has 4 rings (SSSR count). The van der Waals surface area contributed by atoms with Gasteiger partial charge in [-0.3, -0.25) is 14.8 Å². The maximum absolute atomic E-state index is 14.6. The molecule has 32 heavy (non-hydrogen) atoms. The van der Waals surface area contributed by atoms with E-state index in [2.05, 4.69) is 15.3 Å². The minimum atomic E-state index is -2.89. The number of rotatable bonds is 6. The highest BCUT2D eigenvalue weighted by atomic mass is 19.3. The van der Waals surface area contributed by atoms with E-state index in [1.165, 1.54) is 12.1 Å². The van der Waals surface area contributed by atoms with Crippen molar-refractivity contribution >= 4 is 28.1 Å². The molecule has 1 aromatic carbocycles. The Kier molecular flexibility index (Phi) is 6.12. The fourth-order valence-electron chi connectivity index (χ4n) is 4.02. The largest absolute Gasteiger partial charge is 0.481 e. The molecule has 166 valence electrons. The summed E-state index contributed by atoms with van der Waals surface area (Å²) < 4.78 is 40.8. The lowest BCUT2D eigenvalue weighted by Crippen LogP contribution is -2.16. The maximum Gasteiger partial charge on any atom is 0.306 e. The molecule has 0 saturated heterocycles. The van der Waals surface area contributed by atoms with Crippen molar-refractivity contribution in [2.75, 3.05) is 5.32 Å². The van der Waals surface area contributed by atoms with E-state index in [9.17, 15) is 23.1 Å². The van der Waals surface area contributed by atoms with Gasteiger partial charge >= 0.3 is 5.97 Å². The molecule has 1 unspecified atom stereocenters. The molecule has 0 spiro atoms. The van der Waals surface area contributed by atoms with Crippen molar-refractivity contribution in [2.45, 2.75) is 38.7 Å². The molecule has 1 aliphatic rings. The van der Waals surface area contributed by atoms with Crippen molar-refractivity contribution in [3.05, 3.63) is 71.4 Å². The number of halogens is 3. The number of nitrogens with zero attached hydrogens (tertiary/aromatic N) is 2. The molecule has 1 aliphatic carbocycles. The topological polar surface area (TPSA) is 75.1 Å². The Bertz CT molecular complexity index is 1200. The number of aromatic nitrogens is 2. The second kappa shape index (κ2) is 8.98. The number of aliphatic carboxylic acids is 1. The number of carbonyl (C=O) groups is 1. The maximum atomic E-state index is 14.6. The number of hydrogen-bond acceptors (Lipinski definition) is 4. The molecule has 0 amide bonds. The summed E-state index contributed by atoms with van der Waals surface area (Å²) in [4.78, 5) is 20.0. The minimum absolute atomic E-state index is 0.150. The predicted molar refractivity (Wildman–Crippen MR) is 116 cm³/mol. The first-order valence-electron chi connectivity index (χ1n) is 10.3. The third kappa shape index (κ3) is 4.30. The van der Waals surface area contributed by atoms with Crippen molar-refractivity contribution in [2.24, 2.45) is 5.92 Å². The Morgan fingerprint density at radius 3 is 2.69 bits per heavy atom. The van der Waals surface area contributed by atoms with Crippen LogP contribution in [0, 0.1) is 11.7 Å².